The third-order valence-electron chi connectivity index (χ3n) is 6.52. The smallest absolute Gasteiger partial charge is 0.741 e. The quantitative estimate of drug-likeness (QED) is 0.0510. The van der Waals surface area contributed by atoms with Crippen molar-refractivity contribution in [3.63, 3.8) is 0 Å². The molecule has 0 bridgehead atoms. The maximum Gasteiger partial charge on any atom is 1.00 e. The molecular formula is C33H36ClCuF3N3O4S. The van der Waals surface area contributed by atoms with Gasteiger partial charge in [-0.25, -0.2) is 13.4 Å². The van der Waals surface area contributed by atoms with E-state index in [4.69, 9.17) is 34.5 Å². The molecule has 4 aromatic rings. The van der Waals surface area contributed by atoms with Crippen molar-refractivity contribution in [2.24, 2.45) is 4.99 Å². The number of alkyl halides is 3. The van der Waals surface area contributed by atoms with E-state index in [1.54, 1.807) is 0 Å². The minimum atomic E-state index is -6.09. The van der Waals surface area contributed by atoms with Crippen molar-refractivity contribution in [1.29, 1.82) is 0 Å². The Kier molecular flexibility index (Phi) is 15.6. The molecule has 0 radical (unpaired) electrons. The normalized spacial score (nSPS) is 11.7. The van der Waals surface area contributed by atoms with Crippen molar-refractivity contribution in [3.05, 3.63) is 117 Å². The molecule has 0 spiro atoms. The zero-order chi connectivity index (χ0) is 34.1. The van der Waals surface area contributed by atoms with Gasteiger partial charge in [-0.05, 0) is 67.0 Å². The fourth-order valence-corrected chi connectivity index (χ4v) is 4.37. The van der Waals surface area contributed by atoms with Gasteiger partial charge in [0, 0.05) is 17.7 Å². The fraction of sp³-hybridized carbons (Fsp3) is 0.303. The maximum atomic E-state index is 10.7. The SMILES string of the molecule is CC(=Nc1c(C(C)C)cccc1C(C)C)c1cccc(-c2c(C)cccc2C)n1.O=S(=O)([O-])C(F)(F)F.[Cu+].[O-][n+]1ccc(Cl)cc1. The van der Waals surface area contributed by atoms with Crippen LogP contribution in [0.25, 0.3) is 11.3 Å². The first-order valence-electron chi connectivity index (χ1n) is 13.9. The number of para-hydroxylation sites is 1. The van der Waals surface area contributed by atoms with Crippen LogP contribution in [0.1, 0.15) is 74.4 Å². The number of hydrogen-bond acceptors (Lipinski definition) is 6. The van der Waals surface area contributed by atoms with E-state index in [1.165, 1.54) is 52.3 Å². The second-order valence-corrected chi connectivity index (χ2v) is 12.6. The number of pyridine rings is 2. The summed E-state index contributed by atoms with van der Waals surface area (Å²) in [4.78, 5) is 10.1. The molecule has 13 heteroatoms. The molecule has 0 saturated carbocycles. The summed E-state index contributed by atoms with van der Waals surface area (Å²) in [6.07, 6.45) is 2.70. The topological polar surface area (TPSA) is 109 Å². The molecule has 2 aromatic heterocycles. The summed E-state index contributed by atoms with van der Waals surface area (Å²) in [6.45, 7) is 15.3. The molecule has 252 valence electrons. The van der Waals surface area contributed by atoms with Gasteiger partial charge >= 0.3 is 22.6 Å². The van der Waals surface area contributed by atoms with Crippen LogP contribution in [0.3, 0.4) is 0 Å². The van der Waals surface area contributed by atoms with E-state index in [0.717, 1.165) is 22.8 Å². The third kappa shape index (κ3) is 11.8. The van der Waals surface area contributed by atoms with Crippen LogP contribution in [0.4, 0.5) is 18.9 Å². The van der Waals surface area contributed by atoms with Crippen LogP contribution in [0.15, 0.2) is 84.1 Å². The van der Waals surface area contributed by atoms with E-state index in [1.807, 2.05) is 0 Å². The summed E-state index contributed by atoms with van der Waals surface area (Å²) in [5, 5.41) is 10.9. The van der Waals surface area contributed by atoms with Crippen molar-refractivity contribution in [2.75, 3.05) is 0 Å². The molecule has 0 aliphatic heterocycles. The third-order valence-corrected chi connectivity index (χ3v) is 7.34. The molecule has 2 heterocycles. The zero-order valence-corrected chi connectivity index (χ0v) is 28.9. The molecular weight excluding hydrogens is 690 g/mol. The predicted octanol–water partition coefficient (Wildman–Crippen LogP) is 8.78. The predicted molar refractivity (Wildman–Crippen MR) is 172 cm³/mol. The van der Waals surface area contributed by atoms with Crippen molar-refractivity contribution in [3.8, 4) is 11.3 Å². The van der Waals surface area contributed by atoms with Gasteiger partial charge in [-0.2, -0.15) is 17.9 Å². The number of aliphatic imine (C=N–C) groups is 1. The Balaban J connectivity index is 0.000000510. The van der Waals surface area contributed by atoms with Gasteiger partial charge in [-0.3, -0.25) is 4.99 Å². The maximum absolute atomic E-state index is 10.7. The van der Waals surface area contributed by atoms with Gasteiger partial charge in [0.25, 0.3) is 0 Å². The number of rotatable bonds is 5. The van der Waals surface area contributed by atoms with Gasteiger partial charge in [0.2, 0.25) is 0 Å². The van der Waals surface area contributed by atoms with Crippen LogP contribution in [0.5, 0.6) is 0 Å². The Labute approximate surface area is 284 Å². The van der Waals surface area contributed by atoms with Crippen LogP contribution < -0.4 is 4.73 Å². The number of aromatic nitrogens is 2. The van der Waals surface area contributed by atoms with Crippen molar-refractivity contribution < 1.29 is 47.9 Å². The van der Waals surface area contributed by atoms with Crippen molar-refractivity contribution in [2.45, 2.75) is 65.8 Å². The second kappa shape index (κ2) is 17.6. The van der Waals surface area contributed by atoms with Crippen molar-refractivity contribution >= 4 is 33.1 Å². The van der Waals surface area contributed by atoms with E-state index in [2.05, 4.69) is 103 Å². The molecule has 2 aromatic carbocycles. The number of nitrogens with zero attached hydrogens (tertiary/aromatic N) is 3. The molecule has 0 amide bonds. The van der Waals surface area contributed by atoms with Crippen LogP contribution in [-0.4, -0.2) is 29.2 Å². The summed E-state index contributed by atoms with van der Waals surface area (Å²) >= 11 is 5.46. The van der Waals surface area contributed by atoms with Gasteiger partial charge in [0.1, 0.15) is 0 Å². The average Bonchev–Trinajstić information content (AvgIpc) is 2.94. The number of aryl methyl sites for hydroxylation is 2. The first-order chi connectivity index (χ1) is 20.8. The van der Waals surface area contributed by atoms with Crippen LogP contribution in [-0.2, 0) is 27.2 Å². The summed E-state index contributed by atoms with van der Waals surface area (Å²) in [5.74, 6) is 0.850. The average molecular weight is 727 g/mol. The molecule has 0 N–H and O–H groups in total. The fourth-order valence-electron chi connectivity index (χ4n) is 4.25. The number of benzene rings is 2. The Morgan fingerprint density at radius 3 is 1.72 bits per heavy atom. The zero-order valence-electron chi connectivity index (χ0n) is 26.4. The van der Waals surface area contributed by atoms with Gasteiger partial charge in [0.15, 0.2) is 22.5 Å². The number of halogens is 4. The Bertz CT molecular complexity index is 1660. The molecule has 0 aliphatic carbocycles. The van der Waals surface area contributed by atoms with Gasteiger partial charge < -0.3 is 9.76 Å². The van der Waals surface area contributed by atoms with Crippen LogP contribution in [0, 0.1) is 19.1 Å². The molecule has 0 atom stereocenters. The summed E-state index contributed by atoms with van der Waals surface area (Å²) < 4.78 is 59.6. The summed E-state index contributed by atoms with van der Waals surface area (Å²) in [5.41, 5.74) is 4.64. The van der Waals surface area contributed by atoms with E-state index < -0.39 is 15.6 Å². The van der Waals surface area contributed by atoms with E-state index in [0.29, 0.717) is 21.6 Å². The molecule has 4 rings (SSSR count). The van der Waals surface area contributed by atoms with E-state index in [-0.39, 0.29) is 17.1 Å². The van der Waals surface area contributed by atoms with Crippen LogP contribution >= 0.6 is 11.6 Å². The molecule has 0 saturated heterocycles. The summed E-state index contributed by atoms with van der Waals surface area (Å²) in [7, 11) is -6.09. The molecule has 7 nitrogen and oxygen atoms in total. The van der Waals surface area contributed by atoms with Gasteiger partial charge in [-0.15, -0.1) is 0 Å². The first-order valence-corrected chi connectivity index (χ1v) is 15.7. The van der Waals surface area contributed by atoms with Gasteiger partial charge in [0.05, 0.1) is 27.8 Å². The Morgan fingerprint density at radius 1 is 0.870 bits per heavy atom. The minimum absolute atomic E-state index is 0. The second-order valence-electron chi connectivity index (χ2n) is 10.7. The Morgan fingerprint density at radius 2 is 1.30 bits per heavy atom. The molecule has 0 fully saturated rings. The molecule has 46 heavy (non-hydrogen) atoms. The molecule has 0 unspecified atom stereocenters. The number of hydrogen-bond donors (Lipinski definition) is 0. The first kappa shape index (κ1) is 40.7. The monoisotopic (exact) mass is 725 g/mol. The van der Waals surface area contributed by atoms with Crippen molar-refractivity contribution in [1.82, 2.24) is 4.98 Å². The van der Waals surface area contributed by atoms with Crippen LogP contribution in [0.2, 0.25) is 5.02 Å². The largest absolute Gasteiger partial charge is 1.00 e. The summed E-state index contributed by atoms with van der Waals surface area (Å²) in [6, 6.07) is 22.2. The van der Waals surface area contributed by atoms with E-state index in [9.17, 15) is 18.4 Å². The Hall–Kier alpha value is -3.28. The molecule has 0 aliphatic rings. The van der Waals surface area contributed by atoms with E-state index >= 15 is 0 Å². The van der Waals surface area contributed by atoms with Gasteiger partial charge in [-0.1, -0.05) is 81.8 Å². The standard InChI is InChI=1S/C27H32N2.C5H4ClNO.CHF3O3S.Cu/c1-17(2)22-13-9-14-23(18(3)4)27(22)28-21(7)24-15-10-16-25(29-24)26-19(5)11-8-12-20(26)6;6-5-1-3-7(8)4-2-5;2-1(3,4)8(5,6)7;/h8-18H,1-7H3;1-4H;(H,5,6,7);/q;;;+1/p-1. The minimum Gasteiger partial charge on any atom is -0.741 e.